The third kappa shape index (κ3) is 5.67. The first-order valence-electron chi connectivity index (χ1n) is 11.2. The summed E-state index contributed by atoms with van der Waals surface area (Å²) in [6.07, 6.45) is 11.0. The van der Waals surface area contributed by atoms with Gasteiger partial charge in [0.25, 0.3) is 5.91 Å². The Morgan fingerprint density at radius 1 is 1.27 bits per heavy atom. The average Bonchev–Trinajstić information content (AvgIpc) is 2.66. The number of nitrogens with zero attached hydrogens (tertiary/aromatic N) is 1. The third-order valence-electron chi connectivity index (χ3n) is 7.17. The van der Waals surface area contributed by atoms with Crippen LogP contribution in [-0.4, -0.2) is 41.7 Å². The first kappa shape index (κ1) is 23.8. The molecule has 0 aliphatic heterocycles. The highest BCUT2D eigenvalue weighted by Crippen LogP contribution is 2.59. The zero-order chi connectivity index (χ0) is 20.4. The van der Waals surface area contributed by atoms with Crippen LogP contribution in [0, 0.1) is 23.2 Å². The lowest BCUT2D eigenvalue weighted by molar-refractivity contribution is -0.0503. The number of aliphatic hydroxyl groups is 1. The summed E-state index contributed by atoms with van der Waals surface area (Å²) in [4.78, 5) is 17.3. The molecular weight excluding hydrogens is 421 g/mol. The maximum atomic E-state index is 12.9. The molecule has 5 rings (SSSR count). The topological polar surface area (TPSA) is 74.2 Å². The lowest BCUT2D eigenvalue weighted by atomic mass is 9.49. The molecule has 5 nitrogen and oxygen atoms in total. The van der Waals surface area contributed by atoms with Crippen LogP contribution in [0.2, 0.25) is 5.02 Å². The molecule has 7 heteroatoms. The molecule has 3 N–H and O–H groups in total. The Hall–Kier alpha value is -0.880. The molecule has 30 heavy (non-hydrogen) atoms. The van der Waals surface area contributed by atoms with E-state index >= 15 is 0 Å². The van der Waals surface area contributed by atoms with E-state index in [0.717, 1.165) is 49.4 Å². The van der Waals surface area contributed by atoms with Crippen molar-refractivity contribution in [1.29, 1.82) is 0 Å². The van der Waals surface area contributed by atoms with Crippen molar-refractivity contribution >= 4 is 29.9 Å². The largest absolute Gasteiger partial charge is 0.392 e. The number of hydrogen-bond donors (Lipinski definition) is 3. The van der Waals surface area contributed by atoms with E-state index in [0.29, 0.717) is 22.5 Å². The van der Waals surface area contributed by atoms with Crippen LogP contribution < -0.4 is 10.6 Å². The van der Waals surface area contributed by atoms with Crippen LogP contribution in [-0.2, 0) is 6.42 Å². The van der Waals surface area contributed by atoms with Gasteiger partial charge in [0.2, 0.25) is 0 Å². The summed E-state index contributed by atoms with van der Waals surface area (Å²) in [7, 11) is 0. The summed E-state index contributed by atoms with van der Waals surface area (Å²) in [6, 6.07) is 1.84. The van der Waals surface area contributed by atoms with Crippen molar-refractivity contribution in [1.82, 2.24) is 15.6 Å². The predicted molar refractivity (Wildman–Crippen MR) is 122 cm³/mol. The van der Waals surface area contributed by atoms with Crippen molar-refractivity contribution in [3.05, 3.63) is 28.5 Å². The molecule has 0 unspecified atom stereocenters. The molecule has 0 aromatic carbocycles. The Morgan fingerprint density at radius 3 is 2.50 bits per heavy atom. The highest BCUT2D eigenvalue weighted by Gasteiger charge is 2.50. The van der Waals surface area contributed by atoms with Gasteiger partial charge in [0.15, 0.2) is 0 Å². The van der Waals surface area contributed by atoms with Gasteiger partial charge < -0.3 is 15.7 Å². The second-order valence-electron chi connectivity index (χ2n) is 9.91. The van der Waals surface area contributed by atoms with Gasteiger partial charge in [-0.1, -0.05) is 11.6 Å². The lowest BCUT2D eigenvalue weighted by Gasteiger charge is -2.56. The molecule has 1 amide bonds. The van der Waals surface area contributed by atoms with E-state index < -0.39 is 0 Å². The molecule has 0 spiro atoms. The number of halogens is 2. The average molecular weight is 456 g/mol. The molecule has 0 radical (unpaired) electrons. The number of aromatic nitrogens is 1. The standard InChI is InChI=1S/C23H34ClN3O2.ClH/c1-15(28)12-25-4-2-3-19-8-20(21(24)13-26-19)22(29)27-14-23-9-16-5-17(10-23)7-18(6-16)11-23;/h8,13,15-18,25,28H,2-7,9-12,14H2,1H3,(H,27,29);1H/t15-,16?,17?,18?,23?;/m0./s1. The fraction of sp³-hybridized carbons (Fsp3) is 0.739. The van der Waals surface area contributed by atoms with E-state index in [9.17, 15) is 9.90 Å². The minimum Gasteiger partial charge on any atom is -0.392 e. The number of hydrogen-bond acceptors (Lipinski definition) is 4. The molecule has 4 aliphatic rings. The molecule has 1 aromatic heterocycles. The highest BCUT2D eigenvalue weighted by atomic mass is 35.5. The molecule has 1 atom stereocenters. The van der Waals surface area contributed by atoms with Gasteiger partial charge in [-0.2, -0.15) is 0 Å². The lowest BCUT2D eigenvalue weighted by Crippen LogP contribution is -2.51. The molecule has 4 bridgehead atoms. The van der Waals surface area contributed by atoms with Crippen molar-refractivity contribution in [3.8, 4) is 0 Å². The normalized spacial score (nSPS) is 30.0. The summed E-state index contributed by atoms with van der Waals surface area (Å²) in [5.41, 5.74) is 1.74. The fourth-order valence-corrected chi connectivity index (χ4v) is 6.56. The Kier molecular flexibility index (Phi) is 8.05. The monoisotopic (exact) mass is 455 g/mol. The minimum absolute atomic E-state index is 0. The van der Waals surface area contributed by atoms with Gasteiger partial charge in [0, 0.05) is 25.0 Å². The maximum Gasteiger partial charge on any atom is 0.252 e. The zero-order valence-corrected chi connectivity index (χ0v) is 19.4. The number of rotatable bonds is 9. The van der Waals surface area contributed by atoms with Crippen LogP contribution in [0.3, 0.4) is 0 Å². The van der Waals surface area contributed by atoms with Gasteiger partial charge in [-0.25, -0.2) is 0 Å². The smallest absolute Gasteiger partial charge is 0.252 e. The van der Waals surface area contributed by atoms with Gasteiger partial charge in [-0.3, -0.25) is 9.78 Å². The van der Waals surface area contributed by atoms with E-state index in [1.807, 2.05) is 6.07 Å². The van der Waals surface area contributed by atoms with E-state index in [1.165, 1.54) is 38.5 Å². The summed E-state index contributed by atoms with van der Waals surface area (Å²) in [5, 5.41) is 16.1. The van der Waals surface area contributed by atoms with E-state index in [-0.39, 0.29) is 24.4 Å². The third-order valence-corrected chi connectivity index (χ3v) is 7.47. The number of carbonyl (C=O) groups excluding carboxylic acids is 1. The second kappa shape index (κ2) is 10.2. The summed E-state index contributed by atoms with van der Waals surface area (Å²) in [6.45, 7) is 3.95. The Balaban J connectivity index is 0.00000256. The molecule has 1 aromatic rings. The van der Waals surface area contributed by atoms with Gasteiger partial charge in [-0.15, -0.1) is 12.4 Å². The van der Waals surface area contributed by atoms with Crippen molar-refractivity contribution in [2.24, 2.45) is 23.2 Å². The molecule has 4 saturated carbocycles. The number of aliphatic hydroxyl groups excluding tert-OH is 1. The Bertz CT molecular complexity index is 706. The Morgan fingerprint density at radius 2 is 1.90 bits per heavy atom. The summed E-state index contributed by atoms with van der Waals surface area (Å²) in [5.74, 6) is 2.59. The van der Waals surface area contributed by atoms with Crippen LogP contribution in [0.4, 0.5) is 0 Å². The van der Waals surface area contributed by atoms with Crippen LogP contribution >= 0.6 is 24.0 Å². The molecule has 4 fully saturated rings. The van der Waals surface area contributed by atoms with Crippen molar-refractivity contribution in [2.45, 2.75) is 64.4 Å². The van der Waals surface area contributed by atoms with E-state index in [4.69, 9.17) is 11.6 Å². The molecular formula is C23H35Cl2N3O2. The second-order valence-corrected chi connectivity index (χ2v) is 10.3. The van der Waals surface area contributed by atoms with Crippen molar-refractivity contribution < 1.29 is 9.90 Å². The molecule has 168 valence electrons. The van der Waals surface area contributed by atoms with Gasteiger partial charge in [-0.05, 0) is 94.1 Å². The highest BCUT2D eigenvalue weighted by molar-refractivity contribution is 6.33. The van der Waals surface area contributed by atoms with Gasteiger partial charge in [0.05, 0.1) is 16.7 Å². The Labute approximate surface area is 191 Å². The molecule has 1 heterocycles. The van der Waals surface area contributed by atoms with Crippen molar-refractivity contribution in [2.75, 3.05) is 19.6 Å². The van der Waals surface area contributed by atoms with Crippen LogP contribution in [0.15, 0.2) is 12.3 Å². The first-order valence-corrected chi connectivity index (χ1v) is 11.6. The van der Waals surface area contributed by atoms with Crippen molar-refractivity contribution in [3.63, 3.8) is 0 Å². The summed E-state index contributed by atoms with van der Waals surface area (Å²) < 4.78 is 0. The quantitative estimate of drug-likeness (QED) is 0.491. The first-order chi connectivity index (χ1) is 13.9. The fourth-order valence-electron chi connectivity index (χ4n) is 6.37. The van der Waals surface area contributed by atoms with E-state index in [2.05, 4.69) is 15.6 Å². The minimum atomic E-state index is -0.340. The molecule has 0 saturated heterocycles. The van der Waals surface area contributed by atoms with Gasteiger partial charge in [0.1, 0.15) is 0 Å². The number of amides is 1. The van der Waals surface area contributed by atoms with Crippen LogP contribution in [0.25, 0.3) is 0 Å². The number of aryl methyl sites for hydroxylation is 1. The number of nitrogens with one attached hydrogen (secondary N) is 2. The SMILES string of the molecule is C[C@H](O)CNCCCc1cc(C(=O)NCC23CC4CC(CC(C4)C2)C3)c(Cl)cn1.Cl. The van der Waals surface area contributed by atoms with Crippen LogP contribution in [0.1, 0.15) is 67.9 Å². The summed E-state index contributed by atoms with van der Waals surface area (Å²) >= 11 is 6.30. The van der Waals surface area contributed by atoms with Crippen LogP contribution in [0.5, 0.6) is 0 Å². The molecule has 4 aliphatic carbocycles. The van der Waals surface area contributed by atoms with Gasteiger partial charge >= 0.3 is 0 Å². The zero-order valence-electron chi connectivity index (χ0n) is 17.8. The number of pyridine rings is 1. The predicted octanol–water partition coefficient (Wildman–Crippen LogP) is 4.01. The number of carbonyl (C=O) groups is 1. The maximum absolute atomic E-state index is 12.9. The van der Waals surface area contributed by atoms with E-state index in [1.54, 1.807) is 13.1 Å².